The first kappa shape index (κ1) is 16.5. The molecule has 0 bridgehead atoms. The van der Waals surface area contributed by atoms with E-state index in [9.17, 15) is 4.39 Å². The number of anilines is 1. The zero-order valence-corrected chi connectivity index (χ0v) is 14.7. The summed E-state index contributed by atoms with van der Waals surface area (Å²) in [6, 6.07) is 3.91. The maximum absolute atomic E-state index is 14.0. The van der Waals surface area contributed by atoms with Crippen molar-refractivity contribution >= 4 is 16.7 Å². The smallest absolute Gasteiger partial charge is 0.167 e. The Labute approximate surface area is 147 Å². The predicted molar refractivity (Wildman–Crippen MR) is 96.7 cm³/mol. The van der Waals surface area contributed by atoms with Crippen LogP contribution in [0.2, 0.25) is 0 Å². The van der Waals surface area contributed by atoms with Gasteiger partial charge in [0.15, 0.2) is 11.6 Å². The predicted octanol–water partition coefficient (Wildman–Crippen LogP) is 3.23. The topological polar surface area (TPSA) is 41.5 Å². The van der Waals surface area contributed by atoms with Crippen LogP contribution in [-0.4, -0.2) is 54.2 Å². The minimum atomic E-state index is -0.386. The molecule has 0 radical (unpaired) electrons. The van der Waals surface area contributed by atoms with Crippen LogP contribution in [0.4, 0.5) is 10.2 Å². The van der Waals surface area contributed by atoms with Crippen LogP contribution in [0.15, 0.2) is 18.5 Å². The number of hydrogen-bond acceptors (Lipinski definition) is 5. The van der Waals surface area contributed by atoms with E-state index in [1.54, 1.807) is 6.07 Å². The molecule has 0 amide bonds. The highest BCUT2D eigenvalue weighted by molar-refractivity contribution is 5.90. The summed E-state index contributed by atoms with van der Waals surface area (Å²) in [5, 5.41) is 0.857. The van der Waals surface area contributed by atoms with Crippen molar-refractivity contribution in [3.63, 3.8) is 0 Å². The van der Waals surface area contributed by atoms with Crippen molar-refractivity contribution in [1.29, 1.82) is 0 Å². The molecule has 5 nitrogen and oxygen atoms in total. The quantitative estimate of drug-likeness (QED) is 0.855. The lowest BCUT2D eigenvalue weighted by molar-refractivity contribution is 0.213. The van der Waals surface area contributed by atoms with Crippen molar-refractivity contribution < 1.29 is 9.13 Å². The molecule has 1 saturated carbocycles. The third-order valence-corrected chi connectivity index (χ3v) is 5.56. The third-order valence-electron chi connectivity index (χ3n) is 5.56. The van der Waals surface area contributed by atoms with Gasteiger partial charge >= 0.3 is 0 Å². The van der Waals surface area contributed by atoms with Crippen LogP contribution < -0.4 is 9.64 Å². The molecule has 4 rings (SSSR count). The van der Waals surface area contributed by atoms with E-state index in [0.29, 0.717) is 5.52 Å². The molecule has 1 aromatic heterocycles. The summed E-state index contributed by atoms with van der Waals surface area (Å²) in [5.41, 5.74) is 0.625. The number of rotatable bonds is 3. The number of hydrogen-bond donors (Lipinski definition) is 0. The molecule has 25 heavy (non-hydrogen) atoms. The van der Waals surface area contributed by atoms with Crippen molar-refractivity contribution in [3.8, 4) is 5.75 Å². The summed E-state index contributed by atoms with van der Waals surface area (Å²) >= 11 is 0. The molecule has 6 heteroatoms. The number of nitrogens with zero attached hydrogens (tertiary/aromatic N) is 4. The molecular weight excluding hydrogens is 319 g/mol. The monoisotopic (exact) mass is 344 g/mol. The Balaban J connectivity index is 1.60. The van der Waals surface area contributed by atoms with E-state index in [4.69, 9.17) is 4.74 Å². The molecular formula is C19H25FN4O. The van der Waals surface area contributed by atoms with Gasteiger partial charge in [0.25, 0.3) is 0 Å². The van der Waals surface area contributed by atoms with Crippen LogP contribution >= 0.6 is 0 Å². The summed E-state index contributed by atoms with van der Waals surface area (Å²) in [6.45, 7) is 4.13. The average molecular weight is 344 g/mol. The minimum absolute atomic E-state index is 0.242. The molecule has 1 aliphatic carbocycles. The maximum Gasteiger partial charge on any atom is 0.167 e. The summed E-state index contributed by atoms with van der Waals surface area (Å²) in [5.74, 6) is 0.741. The van der Waals surface area contributed by atoms with E-state index in [1.165, 1.54) is 45.2 Å². The molecule has 2 aromatic rings. The highest BCUT2D eigenvalue weighted by Crippen LogP contribution is 2.30. The van der Waals surface area contributed by atoms with Gasteiger partial charge in [-0.15, -0.1) is 0 Å². The van der Waals surface area contributed by atoms with Gasteiger partial charge in [-0.2, -0.15) is 0 Å². The Morgan fingerprint density at radius 3 is 2.68 bits per heavy atom. The van der Waals surface area contributed by atoms with Crippen LogP contribution in [0.3, 0.4) is 0 Å². The first-order chi connectivity index (χ1) is 12.3. The third kappa shape index (κ3) is 3.27. The van der Waals surface area contributed by atoms with Crippen LogP contribution in [0.25, 0.3) is 10.9 Å². The van der Waals surface area contributed by atoms with E-state index in [-0.39, 0.29) is 11.6 Å². The zero-order valence-electron chi connectivity index (χ0n) is 14.7. The molecule has 1 aromatic carbocycles. The second-order valence-corrected chi connectivity index (χ2v) is 7.02. The fourth-order valence-electron chi connectivity index (χ4n) is 4.24. The lowest BCUT2D eigenvalue weighted by Gasteiger charge is -2.27. The normalized spacial score (nSPS) is 20.2. The number of aromatic nitrogens is 2. The molecule has 0 unspecified atom stereocenters. The Hall–Kier alpha value is -1.95. The molecule has 1 saturated heterocycles. The molecule has 0 atom stereocenters. The summed E-state index contributed by atoms with van der Waals surface area (Å²) in [7, 11) is 1.49. The Kier molecular flexibility index (Phi) is 4.70. The summed E-state index contributed by atoms with van der Waals surface area (Å²) in [4.78, 5) is 13.7. The largest absolute Gasteiger partial charge is 0.494 e. The number of ether oxygens (including phenoxy) is 1. The first-order valence-electron chi connectivity index (χ1n) is 9.23. The van der Waals surface area contributed by atoms with E-state index >= 15 is 0 Å². The summed E-state index contributed by atoms with van der Waals surface area (Å²) < 4.78 is 19.1. The van der Waals surface area contributed by atoms with Gasteiger partial charge in [0, 0.05) is 43.7 Å². The second-order valence-electron chi connectivity index (χ2n) is 7.02. The Morgan fingerprint density at radius 1 is 1.04 bits per heavy atom. The van der Waals surface area contributed by atoms with Crippen molar-refractivity contribution in [2.75, 3.05) is 38.2 Å². The van der Waals surface area contributed by atoms with Gasteiger partial charge in [-0.05, 0) is 25.3 Å². The molecule has 0 spiro atoms. The van der Waals surface area contributed by atoms with Crippen LogP contribution in [0.1, 0.15) is 32.1 Å². The van der Waals surface area contributed by atoms with Gasteiger partial charge in [-0.3, -0.25) is 4.90 Å². The van der Waals surface area contributed by atoms with Crippen molar-refractivity contribution in [1.82, 2.24) is 14.9 Å². The van der Waals surface area contributed by atoms with Gasteiger partial charge < -0.3 is 9.64 Å². The van der Waals surface area contributed by atoms with Gasteiger partial charge in [-0.25, -0.2) is 14.4 Å². The van der Waals surface area contributed by atoms with Crippen LogP contribution in [-0.2, 0) is 0 Å². The van der Waals surface area contributed by atoms with E-state index < -0.39 is 0 Å². The molecule has 2 aliphatic rings. The van der Waals surface area contributed by atoms with Gasteiger partial charge in [0.05, 0.1) is 12.6 Å². The molecule has 0 N–H and O–H groups in total. The SMILES string of the molecule is COc1cc2c(N3CCCN(C4CCCC4)CC3)ncnc2cc1F. The van der Waals surface area contributed by atoms with Crippen molar-refractivity contribution in [3.05, 3.63) is 24.3 Å². The lowest BCUT2D eigenvalue weighted by atomic mass is 10.2. The molecule has 134 valence electrons. The number of fused-ring (bicyclic) bond motifs is 1. The second kappa shape index (κ2) is 7.12. The number of halogens is 1. The minimum Gasteiger partial charge on any atom is -0.494 e. The maximum atomic E-state index is 14.0. The lowest BCUT2D eigenvalue weighted by Crippen LogP contribution is -2.37. The molecule has 1 aliphatic heterocycles. The first-order valence-corrected chi connectivity index (χ1v) is 9.23. The van der Waals surface area contributed by atoms with Crippen LogP contribution in [0, 0.1) is 5.82 Å². The average Bonchev–Trinajstić information content (AvgIpc) is 3.05. The standard InChI is InChI=1S/C19H25FN4O/c1-25-18-11-15-17(12-16(18)20)21-13-22-19(15)24-8-4-7-23(9-10-24)14-5-2-3-6-14/h11-14H,2-10H2,1H3. The Bertz CT molecular complexity index is 748. The molecule has 2 heterocycles. The van der Waals surface area contributed by atoms with Gasteiger partial charge in [0.2, 0.25) is 0 Å². The van der Waals surface area contributed by atoms with Gasteiger partial charge in [0.1, 0.15) is 12.1 Å². The van der Waals surface area contributed by atoms with Crippen LogP contribution in [0.5, 0.6) is 5.75 Å². The Morgan fingerprint density at radius 2 is 1.88 bits per heavy atom. The zero-order chi connectivity index (χ0) is 17.2. The van der Waals surface area contributed by atoms with Gasteiger partial charge in [-0.1, -0.05) is 12.8 Å². The highest BCUT2D eigenvalue weighted by Gasteiger charge is 2.25. The fourth-order valence-corrected chi connectivity index (χ4v) is 4.24. The summed E-state index contributed by atoms with van der Waals surface area (Å²) in [6.07, 6.45) is 8.07. The van der Waals surface area contributed by atoms with E-state index in [0.717, 1.165) is 49.8 Å². The number of methoxy groups -OCH3 is 1. The van der Waals surface area contributed by atoms with Crippen molar-refractivity contribution in [2.45, 2.75) is 38.1 Å². The van der Waals surface area contributed by atoms with E-state index in [1.807, 2.05) is 0 Å². The van der Waals surface area contributed by atoms with E-state index in [2.05, 4.69) is 19.8 Å². The highest BCUT2D eigenvalue weighted by atomic mass is 19.1. The number of benzene rings is 1. The van der Waals surface area contributed by atoms with Crippen molar-refractivity contribution in [2.24, 2.45) is 0 Å². The molecule has 2 fully saturated rings. The fraction of sp³-hybridized carbons (Fsp3) is 0.579.